The summed E-state index contributed by atoms with van der Waals surface area (Å²) in [5.74, 6) is -0.0895. The lowest BCUT2D eigenvalue weighted by Crippen LogP contribution is -2.28. The number of H-pyrrole nitrogens is 1. The average molecular weight is 442 g/mol. The summed E-state index contributed by atoms with van der Waals surface area (Å²) in [7, 11) is 0. The molecule has 0 spiro atoms. The average Bonchev–Trinajstić information content (AvgIpc) is 2.86. The van der Waals surface area contributed by atoms with Crippen LogP contribution in [0.1, 0.15) is 54.5 Å². The van der Waals surface area contributed by atoms with Crippen molar-refractivity contribution in [2.24, 2.45) is 0 Å². The second kappa shape index (κ2) is 9.17. The number of anilines is 1. The molecule has 2 heterocycles. The first-order chi connectivity index (χ1) is 16.2. The molecule has 0 amide bonds. The number of hydrogen-bond acceptors (Lipinski definition) is 5. The Bertz CT molecular complexity index is 1310. The minimum absolute atomic E-state index is 0.0895. The van der Waals surface area contributed by atoms with E-state index in [1.54, 1.807) is 0 Å². The summed E-state index contributed by atoms with van der Waals surface area (Å²) in [5.41, 5.74) is 4.80. The van der Waals surface area contributed by atoms with Gasteiger partial charge < -0.3 is 14.8 Å². The predicted molar refractivity (Wildman–Crippen MR) is 129 cm³/mol. The number of benzene rings is 3. The molecule has 0 bridgehead atoms. The summed E-state index contributed by atoms with van der Waals surface area (Å²) in [6.07, 6.45) is -0.413. The number of nitrogens with zero attached hydrogens (tertiary/aromatic N) is 1. The number of aromatic nitrogens is 2. The molecule has 168 valence electrons. The summed E-state index contributed by atoms with van der Waals surface area (Å²) in [6.45, 7) is 5.06. The summed E-state index contributed by atoms with van der Waals surface area (Å²) in [4.78, 5) is 12.5. The van der Waals surface area contributed by atoms with Crippen molar-refractivity contribution >= 4 is 16.5 Å². The van der Waals surface area contributed by atoms with E-state index in [4.69, 9.17) is 9.47 Å². The quantitative estimate of drug-likeness (QED) is 0.381. The Morgan fingerprint density at radius 3 is 2.39 bits per heavy atom. The van der Waals surface area contributed by atoms with Gasteiger partial charge in [-0.15, -0.1) is 0 Å². The molecule has 5 rings (SSSR count). The maximum Gasteiger partial charge on any atom is 0.272 e. The van der Waals surface area contributed by atoms with Crippen LogP contribution in [0.5, 0.6) is 0 Å². The van der Waals surface area contributed by atoms with Crippen LogP contribution in [0.15, 0.2) is 77.6 Å². The first-order valence-electron chi connectivity index (χ1n) is 11.4. The molecule has 1 aliphatic heterocycles. The van der Waals surface area contributed by atoms with Crippen LogP contribution >= 0.6 is 0 Å². The third kappa shape index (κ3) is 3.92. The summed E-state index contributed by atoms with van der Waals surface area (Å²) >= 11 is 0. The van der Waals surface area contributed by atoms with Crippen LogP contribution in [0.3, 0.4) is 0 Å². The van der Waals surface area contributed by atoms with Gasteiger partial charge in [0.15, 0.2) is 6.29 Å². The van der Waals surface area contributed by atoms with Gasteiger partial charge in [0.25, 0.3) is 5.56 Å². The molecule has 0 fully saturated rings. The van der Waals surface area contributed by atoms with Gasteiger partial charge in [0.1, 0.15) is 0 Å². The highest BCUT2D eigenvalue weighted by atomic mass is 16.7. The standard InChI is InChI=1S/C27H27N3O3/c1-3-32-27(33-4-2)19-13-8-12-18(16-19)24-22(17-10-6-5-7-11-17)25-23-20(26(31)30-29-25)14-9-15-21(23)28-24/h5-16,22,24,27-28H,3-4H2,1-2H3,(H,30,31). The Hall–Kier alpha value is -3.48. The third-order valence-electron chi connectivity index (χ3n) is 6.12. The molecular formula is C27H27N3O3. The molecule has 6 nitrogen and oxygen atoms in total. The number of ether oxygens (including phenoxy) is 2. The highest BCUT2D eigenvalue weighted by Crippen LogP contribution is 2.46. The van der Waals surface area contributed by atoms with Crippen molar-refractivity contribution in [2.75, 3.05) is 18.5 Å². The maximum absolute atomic E-state index is 12.5. The van der Waals surface area contributed by atoms with Crippen LogP contribution < -0.4 is 10.9 Å². The van der Waals surface area contributed by atoms with E-state index in [1.807, 2.05) is 62.4 Å². The zero-order valence-corrected chi connectivity index (χ0v) is 18.7. The van der Waals surface area contributed by atoms with Crippen LogP contribution in [-0.4, -0.2) is 23.4 Å². The van der Waals surface area contributed by atoms with Crippen LogP contribution in [-0.2, 0) is 9.47 Å². The van der Waals surface area contributed by atoms with Gasteiger partial charge in [0.05, 0.1) is 23.0 Å². The fourth-order valence-corrected chi connectivity index (χ4v) is 4.73. The van der Waals surface area contributed by atoms with Crippen LogP contribution in [0.4, 0.5) is 5.69 Å². The van der Waals surface area contributed by atoms with Crippen molar-refractivity contribution in [1.82, 2.24) is 10.2 Å². The molecule has 1 aliphatic rings. The monoisotopic (exact) mass is 441 g/mol. The molecule has 4 aromatic rings. The van der Waals surface area contributed by atoms with E-state index in [-0.39, 0.29) is 17.5 Å². The number of hydrogen-bond donors (Lipinski definition) is 2. The molecule has 2 N–H and O–H groups in total. The second-order valence-electron chi connectivity index (χ2n) is 8.09. The predicted octanol–water partition coefficient (Wildman–Crippen LogP) is 5.29. The smallest absolute Gasteiger partial charge is 0.272 e. The molecule has 33 heavy (non-hydrogen) atoms. The van der Waals surface area contributed by atoms with E-state index in [2.05, 4.69) is 39.8 Å². The number of aromatic amines is 1. The second-order valence-corrected chi connectivity index (χ2v) is 8.09. The molecule has 0 saturated carbocycles. The number of nitrogens with one attached hydrogen (secondary N) is 2. The fourth-order valence-electron chi connectivity index (χ4n) is 4.73. The fraction of sp³-hybridized carbons (Fsp3) is 0.259. The Morgan fingerprint density at radius 2 is 1.64 bits per heavy atom. The molecule has 2 unspecified atom stereocenters. The molecular weight excluding hydrogens is 414 g/mol. The van der Waals surface area contributed by atoms with Gasteiger partial charge in [-0.3, -0.25) is 4.79 Å². The molecule has 1 aromatic heterocycles. The minimum Gasteiger partial charge on any atom is -0.377 e. The lowest BCUT2D eigenvalue weighted by atomic mass is 9.80. The largest absolute Gasteiger partial charge is 0.377 e. The van der Waals surface area contributed by atoms with Crippen molar-refractivity contribution in [3.63, 3.8) is 0 Å². The third-order valence-corrected chi connectivity index (χ3v) is 6.12. The van der Waals surface area contributed by atoms with Gasteiger partial charge >= 0.3 is 0 Å². The van der Waals surface area contributed by atoms with E-state index >= 15 is 0 Å². The van der Waals surface area contributed by atoms with Crippen molar-refractivity contribution in [3.05, 3.63) is 106 Å². The Labute approximate surface area is 192 Å². The molecule has 0 saturated heterocycles. The van der Waals surface area contributed by atoms with E-state index in [9.17, 15) is 4.79 Å². The van der Waals surface area contributed by atoms with Crippen LogP contribution in [0, 0.1) is 0 Å². The van der Waals surface area contributed by atoms with Crippen molar-refractivity contribution < 1.29 is 9.47 Å². The first kappa shape index (κ1) is 21.4. The summed E-state index contributed by atoms with van der Waals surface area (Å²) in [6, 6.07) is 24.3. The van der Waals surface area contributed by atoms with E-state index in [0.29, 0.717) is 18.6 Å². The molecule has 0 radical (unpaired) electrons. The van der Waals surface area contributed by atoms with Crippen molar-refractivity contribution in [3.8, 4) is 0 Å². The molecule has 0 aliphatic carbocycles. The van der Waals surface area contributed by atoms with Crippen LogP contribution in [0.2, 0.25) is 0 Å². The van der Waals surface area contributed by atoms with Gasteiger partial charge in [-0.25, -0.2) is 5.10 Å². The van der Waals surface area contributed by atoms with Gasteiger partial charge in [-0.2, -0.15) is 5.10 Å². The summed E-state index contributed by atoms with van der Waals surface area (Å²) < 4.78 is 11.7. The molecule has 3 aromatic carbocycles. The maximum atomic E-state index is 12.5. The molecule has 2 atom stereocenters. The van der Waals surface area contributed by atoms with E-state index in [0.717, 1.165) is 33.5 Å². The normalized spacial score (nSPS) is 17.3. The van der Waals surface area contributed by atoms with Gasteiger partial charge in [-0.05, 0) is 43.2 Å². The lowest BCUT2D eigenvalue weighted by Gasteiger charge is -2.35. The van der Waals surface area contributed by atoms with E-state index < -0.39 is 6.29 Å². The van der Waals surface area contributed by atoms with Gasteiger partial charge in [0, 0.05) is 29.9 Å². The Morgan fingerprint density at radius 1 is 0.909 bits per heavy atom. The first-order valence-corrected chi connectivity index (χ1v) is 11.4. The van der Waals surface area contributed by atoms with Gasteiger partial charge in [-0.1, -0.05) is 54.6 Å². The van der Waals surface area contributed by atoms with Crippen LogP contribution in [0.25, 0.3) is 10.8 Å². The topological polar surface area (TPSA) is 76.2 Å². The Kier molecular flexibility index (Phi) is 5.94. The van der Waals surface area contributed by atoms with Gasteiger partial charge in [0.2, 0.25) is 0 Å². The minimum atomic E-state index is -0.413. The molecule has 6 heteroatoms. The Balaban J connectivity index is 1.67. The SMILES string of the molecule is CCOC(OCC)c1cccc(C2Nc3cccc4c(=O)[nH]nc(c34)C2c2ccccc2)c1. The zero-order valence-electron chi connectivity index (χ0n) is 18.7. The highest BCUT2D eigenvalue weighted by molar-refractivity contribution is 5.97. The lowest BCUT2D eigenvalue weighted by molar-refractivity contribution is -0.140. The van der Waals surface area contributed by atoms with Crippen molar-refractivity contribution in [2.45, 2.75) is 32.1 Å². The van der Waals surface area contributed by atoms with E-state index in [1.165, 1.54) is 0 Å². The van der Waals surface area contributed by atoms with Crippen molar-refractivity contribution in [1.29, 1.82) is 0 Å². The summed E-state index contributed by atoms with van der Waals surface area (Å²) in [5, 5.41) is 12.5. The highest BCUT2D eigenvalue weighted by Gasteiger charge is 2.35. The zero-order chi connectivity index (χ0) is 22.8. The number of rotatable bonds is 7.